The molecule has 7 nitrogen and oxygen atoms in total. The molecule has 0 aliphatic carbocycles. The lowest BCUT2D eigenvalue weighted by Gasteiger charge is -2.30. The minimum absolute atomic E-state index is 0.00139. The van der Waals surface area contributed by atoms with Crippen LogP contribution < -0.4 is 10.1 Å². The second-order valence-electron chi connectivity index (χ2n) is 8.97. The van der Waals surface area contributed by atoms with E-state index in [4.69, 9.17) is 9.47 Å². The number of hydrogen-bond donors (Lipinski definition) is 2. The molecular formula is C26H27F3N4O3S. The molecule has 2 heterocycles. The molecule has 0 aliphatic rings. The summed E-state index contributed by atoms with van der Waals surface area (Å²) in [6.07, 6.45) is 0. The van der Waals surface area contributed by atoms with Gasteiger partial charge >= 0.3 is 5.92 Å². The summed E-state index contributed by atoms with van der Waals surface area (Å²) in [5.41, 5.74) is 0.513. The normalized spacial score (nSPS) is 12.2. The number of thiazole rings is 1. The van der Waals surface area contributed by atoms with Crippen molar-refractivity contribution in [3.05, 3.63) is 64.0 Å². The number of methoxy groups -OCH3 is 1. The smallest absolute Gasteiger partial charge is 0.303 e. The fourth-order valence-electron chi connectivity index (χ4n) is 3.77. The zero-order valence-corrected chi connectivity index (χ0v) is 21.6. The highest BCUT2D eigenvalue weighted by atomic mass is 32.1. The Morgan fingerprint density at radius 2 is 1.92 bits per heavy atom. The molecule has 11 heteroatoms. The van der Waals surface area contributed by atoms with E-state index in [1.54, 1.807) is 25.6 Å². The van der Waals surface area contributed by atoms with Crippen LogP contribution in [0.15, 0.2) is 41.2 Å². The summed E-state index contributed by atoms with van der Waals surface area (Å²) in [6.45, 7) is 4.18. The molecule has 37 heavy (non-hydrogen) atoms. The van der Waals surface area contributed by atoms with Gasteiger partial charge < -0.3 is 19.9 Å². The van der Waals surface area contributed by atoms with Crippen LogP contribution in [-0.4, -0.2) is 46.0 Å². The summed E-state index contributed by atoms with van der Waals surface area (Å²) in [4.78, 5) is 13.4. The van der Waals surface area contributed by atoms with Crippen LogP contribution in [0.4, 0.5) is 19.0 Å². The van der Waals surface area contributed by atoms with Gasteiger partial charge in [-0.15, -0.1) is 11.3 Å². The Labute approximate surface area is 216 Å². The monoisotopic (exact) mass is 532 g/mol. The van der Waals surface area contributed by atoms with Gasteiger partial charge in [0.15, 0.2) is 0 Å². The van der Waals surface area contributed by atoms with E-state index >= 15 is 4.39 Å². The Balaban J connectivity index is 1.72. The van der Waals surface area contributed by atoms with Gasteiger partial charge in [0.2, 0.25) is 0 Å². The number of nitrogens with one attached hydrogen (secondary N) is 1. The van der Waals surface area contributed by atoms with Crippen LogP contribution in [0.5, 0.6) is 5.75 Å². The van der Waals surface area contributed by atoms with E-state index in [0.717, 1.165) is 31.2 Å². The van der Waals surface area contributed by atoms with Crippen LogP contribution in [0.3, 0.4) is 0 Å². The molecule has 0 unspecified atom stereocenters. The van der Waals surface area contributed by atoms with Crippen LogP contribution in [0.2, 0.25) is 0 Å². The van der Waals surface area contributed by atoms with Gasteiger partial charge in [-0.1, -0.05) is 12.1 Å². The number of benzene rings is 2. The standard InChI is InChI=1S/C26H27F3N4O3S/c1-15-32-20-10-17(21-13-37-14-31-21)22(36-9-8-35-4)11-18(20)24(33-15)30-12-16-6-5-7-19(23(16)27)26(28,29)25(2,3)34/h5-7,10-11,13-14,34H,8-9,12H2,1-4H3,(H,30,32,33). The van der Waals surface area contributed by atoms with Crippen LogP contribution in [0.25, 0.3) is 22.2 Å². The van der Waals surface area contributed by atoms with Gasteiger partial charge in [0.25, 0.3) is 0 Å². The zero-order valence-electron chi connectivity index (χ0n) is 20.8. The van der Waals surface area contributed by atoms with Gasteiger partial charge in [0.05, 0.1) is 28.9 Å². The van der Waals surface area contributed by atoms with Crippen molar-refractivity contribution in [1.82, 2.24) is 15.0 Å². The van der Waals surface area contributed by atoms with Gasteiger partial charge in [-0.3, -0.25) is 0 Å². The third-order valence-corrected chi connectivity index (χ3v) is 6.38. The number of alkyl halides is 2. The van der Waals surface area contributed by atoms with E-state index in [2.05, 4.69) is 20.3 Å². The van der Waals surface area contributed by atoms with Crippen LogP contribution >= 0.6 is 11.3 Å². The average Bonchev–Trinajstić information content (AvgIpc) is 3.37. The zero-order chi connectivity index (χ0) is 26.8. The van der Waals surface area contributed by atoms with Crippen LogP contribution in [0.1, 0.15) is 30.8 Å². The van der Waals surface area contributed by atoms with Crippen molar-refractivity contribution in [2.75, 3.05) is 25.6 Å². The first-order valence-corrected chi connectivity index (χ1v) is 12.4. The molecule has 0 saturated heterocycles. The molecule has 0 spiro atoms. The summed E-state index contributed by atoms with van der Waals surface area (Å²) in [7, 11) is 1.58. The number of halogens is 3. The highest BCUT2D eigenvalue weighted by Gasteiger charge is 2.48. The molecule has 0 fully saturated rings. The average molecular weight is 533 g/mol. The minimum Gasteiger partial charge on any atom is -0.490 e. The first-order chi connectivity index (χ1) is 17.5. The van der Waals surface area contributed by atoms with Crippen molar-refractivity contribution in [1.29, 1.82) is 0 Å². The number of ether oxygens (including phenoxy) is 2. The number of hydrogen-bond acceptors (Lipinski definition) is 8. The van der Waals surface area contributed by atoms with Crippen molar-refractivity contribution in [3.63, 3.8) is 0 Å². The molecule has 2 aromatic carbocycles. The second-order valence-corrected chi connectivity index (χ2v) is 9.68. The first-order valence-electron chi connectivity index (χ1n) is 11.5. The Morgan fingerprint density at radius 3 is 2.59 bits per heavy atom. The maximum atomic E-state index is 15.1. The molecule has 0 radical (unpaired) electrons. The highest BCUT2D eigenvalue weighted by molar-refractivity contribution is 7.07. The Morgan fingerprint density at radius 1 is 1.14 bits per heavy atom. The fourth-order valence-corrected chi connectivity index (χ4v) is 4.33. The lowest BCUT2D eigenvalue weighted by atomic mass is 9.92. The van der Waals surface area contributed by atoms with E-state index in [9.17, 15) is 13.9 Å². The molecule has 196 valence electrons. The highest BCUT2D eigenvalue weighted by Crippen LogP contribution is 2.41. The first kappa shape index (κ1) is 26.8. The number of aryl methyl sites for hydroxylation is 1. The maximum absolute atomic E-state index is 15.1. The number of nitrogens with zero attached hydrogens (tertiary/aromatic N) is 3. The third-order valence-electron chi connectivity index (χ3n) is 5.79. The van der Waals surface area contributed by atoms with E-state index in [-0.39, 0.29) is 12.1 Å². The molecule has 4 rings (SSSR count). The molecule has 0 saturated carbocycles. The number of fused-ring (bicyclic) bond motifs is 1. The summed E-state index contributed by atoms with van der Waals surface area (Å²) in [6, 6.07) is 7.33. The molecule has 4 aromatic rings. The van der Waals surface area contributed by atoms with Gasteiger partial charge in [-0.25, -0.2) is 19.3 Å². The van der Waals surface area contributed by atoms with E-state index in [0.29, 0.717) is 41.5 Å². The van der Waals surface area contributed by atoms with E-state index < -0.39 is 22.9 Å². The quantitative estimate of drug-likeness (QED) is 0.253. The molecule has 0 aliphatic heterocycles. The topological polar surface area (TPSA) is 89.4 Å². The molecule has 2 aromatic heterocycles. The van der Waals surface area contributed by atoms with Crippen molar-refractivity contribution in [3.8, 4) is 17.0 Å². The van der Waals surface area contributed by atoms with E-state index in [1.165, 1.54) is 23.5 Å². The predicted molar refractivity (Wildman–Crippen MR) is 137 cm³/mol. The molecular weight excluding hydrogens is 505 g/mol. The maximum Gasteiger partial charge on any atom is 0.303 e. The molecule has 0 bridgehead atoms. The Kier molecular flexibility index (Phi) is 7.67. The second kappa shape index (κ2) is 10.6. The number of aromatic nitrogens is 3. The lowest BCUT2D eigenvalue weighted by Crippen LogP contribution is -2.41. The minimum atomic E-state index is -3.79. The van der Waals surface area contributed by atoms with Crippen molar-refractivity contribution in [2.24, 2.45) is 0 Å². The van der Waals surface area contributed by atoms with Gasteiger partial charge in [-0.05, 0) is 39.0 Å². The largest absolute Gasteiger partial charge is 0.490 e. The van der Waals surface area contributed by atoms with Crippen LogP contribution in [0, 0.1) is 12.7 Å². The number of anilines is 1. The van der Waals surface area contributed by atoms with Gasteiger partial charge in [-0.2, -0.15) is 8.78 Å². The molecule has 0 amide bonds. The SMILES string of the molecule is COCCOc1cc2c(NCc3cccc(C(F)(F)C(C)(C)O)c3F)nc(C)nc2cc1-c1cscn1. The third kappa shape index (κ3) is 5.53. The molecule has 0 atom stereocenters. The van der Waals surface area contributed by atoms with Gasteiger partial charge in [0.1, 0.15) is 35.4 Å². The lowest BCUT2D eigenvalue weighted by molar-refractivity contribution is -0.170. The van der Waals surface area contributed by atoms with Crippen molar-refractivity contribution < 1.29 is 27.8 Å². The summed E-state index contributed by atoms with van der Waals surface area (Å²) >= 11 is 1.45. The summed E-state index contributed by atoms with van der Waals surface area (Å²) < 4.78 is 55.6. The van der Waals surface area contributed by atoms with Gasteiger partial charge in [0, 0.05) is 35.5 Å². The predicted octanol–water partition coefficient (Wildman–Crippen LogP) is 5.70. The van der Waals surface area contributed by atoms with E-state index in [1.807, 2.05) is 11.4 Å². The number of aliphatic hydroxyl groups is 1. The van der Waals surface area contributed by atoms with Crippen LogP contribution in [-0.2, 0) is 17.2 Å². The van der Waals surface area contributed by atoms with Crippen molar-refractivity contribution in [2.45, 2.75) is 38.8 Å². The summed E-state index contributed by atoms with van der Waals surface area (Å²) in [5.74, 6) is -3.47. The number of rotatable bonds is 10. The fraction of sp³-hybridized carbons (Fsp3) is 0.346. The Hall–Kier alpha value is -3.28. The summed E-state index contributed by atoms with van der Waals surface area (Å²) in [5, 5.41) is 15.5. The Bertz CT molecular complexity index is 1390. The van der Waals surface area contributed by atoms with Crippen molar-refractivity contribution >= 4 is 28.1 Å². The molecule has 2 N–H and O–H groups in total.